The molecule has 14 heavy (non-hydrogen) atoms. The zero-order valence-corrected chi connectivity index (χ0v) is 8.75. The van der Waals surface area contributed by atoms with Crippen LogP contribution >= 0.6 is 0 Å². The van der Waals surface area contributed by atoms with Crippen molar-refractivity contribution in [3.63, 3.8) is 0 Å². The zero-order chi connectivity index (χ0) is 10.4. The van der Waals surface area contributed by atoms with Crippen molar-refractivity contribution in [1.29, 1.82) is 0 Å². The van der Waals surface area contributed by atoms with Crippen LogP contribution in [0, 0.1) is 0 Å². The van der Waals surface area contributed by atoms with Crippen molar-refractivity contribution < 1.29 is 0 Å². The molecule has 4 nitrogen and oxygen atoms in total. The van der Waals surface area contributed by atoms with E-state index in [9.17, 15) is 0 Å². The average molecular weight is 194 g/mol. The summed E-state index contributed by atoms with van der Waals surface area (Å²) in [7, 11) is 0. The molecule has 0 spiro atoms. The first-order valence-electron chi connectivity index (χ1n) is 4.95. The van der Waals surface area contributed by atoms with Crippen molar-refractivity contribution in [2.24, 2.45) is 5.84 Å². The van der Waals surface area contributed by atoms with Gasteiger partial charge in [-0.3, -0.25) is 0 Å². The molecule has 0 aromatic carbocycles. The number of nitrogens with zero attached hydrogens (tertiary/aromatic N) is 1. The quantitative estimate of drug-likeness (QED) is 0.495. The van der Waals surface area contributed by atoms with Gasteiger partial charge in [0, 0.05) is 24.0 Å². The monoisotopic (exact) mass is 194 g/mol. The van der Waals surface area contributed by atoms with Gasteiger partial charge in [-0.25, -0.2) is 10.8 Å². The normalized spacial score (nSPS) is 12.2. The van der Waals surface area contributed by atoms with Gasteiger partial charge >= 0.3 is 0 Å². The highest BCUT2D eigenvalue weighted by Gasteiger charge is 2.00. The Morgan fingerprint density at radius 2 is 2.36 bits per heavy atom. The number of nitrogens with one attached hydrogen (secondary N) is 2. The van der Waals surface area contributed by atoms with Crippen molar-refractivity contribution in [2.75, 3.05) is 10.7 Å². The third-order valence-corrected chi connectivity index (χ3v) is 2.04. The predicted molar refractivity (Wildman–Crippen MR) is 60.0 cm³/mol. The van der Waals surface area contributed by atoms with Crippen molar-refractivity contribution in [2.45, 2.75) is 32.7 Å². The van der Waals surface area contributed by atoms with Crippen LogP contribution in [-0.2, 0) is 0 Å². The van der Waals surface area contributed by atoms with Gasteiger partial charge in [0.25, 0.3) is 0 Å². The Hall–Kier alpha value is -1.29. The van der Waals surface area contributed by atoms with Gasteiger partial charge in [0.2, 0.25) is 0 Å². The van der Waals surface area contributed by atoms with Crippen LogP contribution < -0.4 is 16.6 Å². The van der Waals surface area contributed by atoms with E-state index in [4.69, 9.17) is 5.84 Å². The van der Waals surface area contributed by atoms with E-state index >= 15 is 0 Å². The molecule has 0 radical (unpaired) electrons. The van der Waals surface area contributed by atoms with Crippen LogP contribution in [0.4, 0.5) is 11.5 Å². The van der Waals surface area contributed by atoms with Gasteiger partial charge in [-0.1, -0.05) is 13.3 Å². The van der Waals surface area contributed by atoms with Gasteiger partial charge in [0.05, 0.1) is 0 Å². The Morgan fingerprint density at radius 1 is 1.57 bits per heavy atom. The summed E-state index contributed by atoms with van der Waals surface area (Å²) in [5.41, 5.74) is 3.57. The van der Waals surface area contributed by atoms with Crippen LogP contribution in [0.1, 0.15) is 26.7 Å². The smallest absolute Gasteiger partial charge is 0.141 e. The summed E-state index contributed by atoms with van der Waals surface area (Å²) in [5, 5.41) is 3.38. The average Bonchev–Trinajstić information content (AvgIpc) is 2.18. The molecule has 0 saturated heterocycles. The molecule has 0 fully saturated rings. The molecule has 0 saturated carbocycles. The second-order valence-electron chi connectivity index (χ2n) is 3.41. The van der Waals surface area contributed by atoms with Gasteiger partial charge in [0.1, 0.15) is 5.82 Å². The lowest BCUT2D eigenvalue weighted by Crippen LogP contribution is -2.15. The van der Waals surface area contributed by atoms with Crippen LogP contribution in [0.2, 0.25) is 0 Å². The summed E-state index contributed by atoms with van der Waals surface area (Å²) in [6.07, 6.45) is 4.07. The number of aromatic nitrogens is 1. The highest BCUT2D eigenvalue weighted by molar-refractivity contribution is 5.51. The maximum atomic E-state index is 5.27. The largest absolute Gasteiger partial charge is 0.382 e. The summed E-state index contributed by atoms with van der Waals surface area (Å²) in [6, 6.07) is 4.31. The number of hydrogen-bond acceptors (Lipinski definition) is 4. The maximum absolute atomic E-state index is 5.27. The van der Waals surface area contributed by atoms with E-state index in [2.05, 4.69) is 29.6 Å². The Labute approximate surface area is 84.9 Å². The van der Waals surface area contributed by atoms with Crippen LogP contribution in [0.25, 0.3) is 0 Å². The lowest BCUT2D eigenvalue weighted by molar-refractivity contribution is 0.690. The van der Waals surface area contributed by atoms with E-state index in [1.54, 1.807) is 6.20 Å². The molecule has 1 unspecified atom stereocenters. The third-order valence-electron chi connectivity index (χ3n) is 2.04. The number of rotatable bonds is 5. The van der Waals surface area contributed by atoms with E-state index in [-0.39, 0.29) is 0 Å². The SMILES string of the molecule is CCCC(C)Nc1ccnc(NN)c1. The first-order chi connectivity index (χ1) is 6.76. The number of anilines is 2. The molecule has 1 atom stereocenters. The van der Waals surface area contributed by atoms with Gasteiger partial charge in [-0.2, -0.15) is 0 Å². The summed E-state index contributed by atoms with van der Waals surface area (Å²) < 4.78 is 0. The van der Waals surface area contributed by atoms with Gasteiger partial charge in [0.15, 0.2) is 0 Å². The molecule has 1 rings (SSSR count). The minimum absolute atomic E-state index is 0.480. The predicted octanol–water partition coefficient (Wildman–Crippen LogP) is 1.97. The zero-order valence-electron chi connectivity index (χ0n) is 8.75. The van der Waals surface area contributed by atoms with E-state index in [0.717, 1.165) is 12.1 Å². The highest BCUT2D eigenvalue weighted by Crippen LogP contribution is 2.13. The molecule has 4 N–H and O–H groups in total. The Bertz CT molecular complexity index is 275. The molecular formula is C10H18N4. The van der Waals surface area contributed by atoms with Crippen LogP contribution in [-0.4, -0.2) is 11.0 Å². The molecule has 0 bridgehead atoms. The number of hydrogen-bond donors (Lipinski definition) is 3. The first kappa shape index (κ1) is 10.8. The molecular weight excluding hydrogens is 176 g/mol. The molecule has 1 aromatic rings. The van der Waals surface area contributed by atoms with Crippen molar-refractivity contribution >= 4 is 11.5 Å². The summed E-state index contributed by atoms with van der Waals surface area (Å²) >= 11 is 0. The molecule has 1 aromatic heterocycles. The van der Waals surface area contributed by atoms with Gasteiger partial charge in [-0.15, -0.1) is 0 Å². The van der Waals surface area contributed by atoms with E-state index in [1.807, 2.05) is 12.1 Å². The number of hydrazine groups is 1. The van der Waals surface area contributed by atoms with Gasteiger partial charge in [-0.05, 0) is 19.4 Å². The lowest BCUT2D eigenvalue weighted by atomic mass is 10.2. The standard InChI is InChI=1S/C10H18N4/c1-3-4-8(2)13-9-5-6-12-10(7-9)14-11/h5-8H,3-4,11H2,1-2H3,(H2,12,13,14). The molecule has 0 aliphatic rings. The van der Waals surface area contributed by atoms with Crippen LogP contribution in [0.15, 0.2) is 18.3 Å². The summed E-state index contributed by atoms with van der Waals surface area (Å²) in [6.45, 7) is 4.34. The minimum atomic E-state index is 0.480. The van der Waals surface area contributed by atoms with E-state index in [0.29, 0.717) is 11.9 Å². The fourth-order valence-corrected chi connectivity index (χ4v) is 1.39. The summed E-state index contributed by atoms with van der Waals surface area (Å²) in [5.74, 6) is 5.95. The Balaban J connectivity index is 2.57. The lowest BCUT2D eigenvalue weighted by Gasteiger charge is -2.14. The first-order valence-corrected chi connectivity index (χ1v) is 4.95. The fourth-order valence-electron chi connectivity index (χ4n) is 1.39. The van der Waals surface area contributed by atoms with Crippen LogP contribution in [0.3, 0.4) is 0 Å². The van der Waals surface area contributed by atoms with Crippen molar-refractivity contribution in [1.82, 2.24) is 4.98 Å². The number of pyridine rings is 1. The second-order valence-corrected chi connectivity index (χ2v) is 3.41. The molecule has 4 heteroatoms. The highest BCUT2D eigenvalue weighted by atomic mass is 15.2. The van der Waals surface area contributed by atoms with Gasteiger partial charge < -0.3 is 10.7 Å². The van der Waals surface area contributed by atoms with E-state index < -0.39 is 0 Å². The minimum Gasteiger partial charge on any atom is -0.382 e. The Morgan fingerprint density at radius 3 is 3.00 bits per heavy atom. The molecule has 0 aliphatic carbocycles. The second kappa shape index (κ2) is 5.44. The fraction of sp³-hybridized carbons (Fsp3) is 0.500. The van der Waals surface area contributed by atoms with E-state index in [1.165, 1.54) is 6.42 Å². The summed E-state index contributed by atoms with van der Waals surface area (Å²) in [4.78, 5) is 4.04. The molecule has 1 heterocycles. The number of nitrogen functional groups attached to an aromatic ring is 1. The third kappa shape index (κ3) is 3.22. The van der Waals surface area contributed by atoms with Crippen molar-refractivity contribution in [3.8, 4) is 0 Å². The number of nitrogens with two attached hydrogens (primary N) is 1. The molecule has 78 valence electrons. The van der Waals surface area contributed by atoms with Crippen molar-refractivity contribution in [3.05, 3.63) is 18.3 Å². The molecule has 0 aliphatic heterocycles. The molecule has 0 amide bonds. The maximum Gasteiger partial charge on any atom is 0.141 e. The van der Waals surface area contributed by atoms with Crippen LogP contribution in [0.5, 0.6) is 0 Å². The Kier molecular flexibility index (Phi) is 4.19. The topological polar surface area (TPSA) is 63.0 Å².